The smallest absolute Gasteiger partial charge is 0.331 e. The molecule has 2 nitrogen and oxygen atoms in total. The first-order valence-electron chi connectivity index (χ1n) is 7.15. The van der Waals surface area contributed by atoms with E-state index >= 15 is 0 Å². The molecule has 1 aromatic carbocycles. The second kappa shape index (κ2) is 7.49. The van der Waals surface area contributed by atoms with Crippen molar-refractivity contribution < 1.29 is 18.0 Å². The number of thiophene rings is 1. The molecule has 1 aromatic heterocycles. The zero-order chi connectivity index (χ0) is 17.7. The van der Waals surface area contributed by atoms with E-state index < -0.39 is 11.7 Å². The van der Waals surface area contributed by atoms with Gasteiger partial charge in [-0.05, 0) is 29.8 Å². The topological polar surface area (TPSA) is 20.3 Å². The number of carbonyl (C=O) groups is 1. The van der Waals surface area contributed by atoms with Gasteiger partial charge in [0.05, 0.1) is 10.4 Å². The SMILES string of the molecule is C=CCN(CC=C)C(=O)c1ccc(-c2cccc(C(F)(F)F)c2)s1. The van der Waals surface area contributed by atoms with E-state index in [0.29, 0.717) is 28.4 Å². The molecule has 0 spiro atoms. The molecule has 1 amide bonds. The number of hydrogen-bond acceptors (Lipinski definition) is 2. The van der Waals surface area contributed by atoms with E-state index in [1.165, 1.54) is 17.4 Å². The van der Waals surface area contributed by atoms with Crippen molar-refractivity contribution in [1.82, 2.24) is 4.90 Å². The molecule has 1 heterocycles. The van der Waals surface area contributed by atoms with Crippen molar-refractivity contribution in [2.75, 3.05) is 13.1 Å². The van der Waals surface area contributed by atoms with Gasteiger partial charge in [-0.2, -0.15) is 13.2 Å². The lowest BCUT2D eigenvalue weighted by molar-refractivity contribution is -0.137. The van der Waals surface area contributed by atoms with Gasteiger partial charge in [-0.3, -0.25) is 4.79 Å². The highest BCUT2D eigenvalue weighted by atomic mass is 32.1. The minimum atomic E-state index is -4.39. The van der Waals surface area contributed by atoms with Gasteiger partial charge in [-0.25, -0.2) is 0 Å². The van der Waals surface area contributed by atoms with Gasteiger partial charge in [0, 0.05) is 18.0 Å². The monoisotopic (exact) mass is 351 g/mol. The Morgan fingerprint density at radius 1 is 1.12 bits per heavy atom. The molecule has 0 unspecified atom stereocenters. The second-order valence-electron chi connectivity index (χ2n) is 5.03. The Hall–Kier alpha value is -2.34. The van der Waals surface area contributed by atoms with Crippen molar-refractivity contribution in [1.29, 1.82) is 0 Å². The molecule has 0 radical (unpaired) electrons. The predicted molar refractivity (Wildman–Crippen MR) is 91.1 cm³/mol. The van der Waals surface area contributed by atoms with E-state index in [-0.39, 0.29) is 5.91 Å². The van der Waals surface area contributed by atoms with Crippen molar-refractivity contribution in [3.8, 4) is 10.4 Å². The maximum Gasteiger partial charge on any atom is 0.416 e. The molecule has 0 fully saturated rings. The van der Waals surface area contributed by atoms with Crippen LogP contribution in [-0.4, -0.2) is 23.9 Å². The Bertz CT molecular complexity index is 739. The van der Waals surface area contributed by atoms with E-state index in [9.17, 15) is 18.0 Å². The fraction of sp³-hybridized carbons (Fsp3) is 0.167. The lowest BCUT2D eigenvalue weighted by atomic mass is 10.1. The molecule has 0 bridgehead atoms. The van der Waals surface area contributed by atoms with Gasteiger partial charge in [0.2, 0.25) is 0 Å². The quantitative estimate of drug-likeness (QED) is 0.651. The van der Waals surface area contributed by atoms with E-state index in [0.717, 1.165) is 12.1 Å². The van der Waals surface area contributed by atoms with Gasteiger partial charge >= 0.3 is 6.18 Å². The van der Waals surface area contributed by atoms with E-state index in [1.54, 1.807) is 35.3 Å². The molecule has 0 atom stereocenters. The molecule has 2 rings (SSSR count). The van der Waals surface area contributed by atoms with Crippen molar-refractivity contribution in [2.45, 2.75) is 6.18 Å². The van der Waals surface area contributed by atoms with E-state index in [1.807, 2.05) is 0 Å². The maximum atomic E-state index is 12.8. The molecule has 126 valence electrons. The molecule has 2 aromatic rings. The minimum absolute atomic E-state index is 0.196. The predicted octanol–water partition coefficient (Wildman–Crippen LogP) is 5.25. The fourth-order valence-corrected chi connectivity index (χ4v) is 3.13. The molecule has 0 saturated heterocycles. The van der Waals surface area contributed by atoms with Gasteiger partial charge in [0.25, 0.3) is 5.91 Å². The van der Waals surface area contributed by atoms with Crippen LogP contribution in [0.2, 0.25) is 0 Å². The third-order valence-corrected chi connectivity index (χ3v) is 4.40. The number of benzene rings is 1. The first-order chi connectivity index (χ1) is 11.4. The molecule has 24 heavy (non-hydrogen) atoms. The van der Waals surface area contributed by atoms with Gasteiger partial charge in [-0.1, -0.05) is 24.3 Å². The summed E-state index contributed by atoms with van der Waals surface area (Å²) < 4.78 is 38.4. The van der Waals surface area contributed by atoms with Crippen LogP contribution in [0, 0.1) is 0 Å². The number of alkyl halides is 3. The third kappa shape index (κ3) is 4.14. The molecule has 0 aliphatic heterocycles. The molecule has 6 heteroatoms. The van der Waals surface area contributed by atoms with Gasteiger partial charge in [0.1, 0.15) is 0 Å². The van der Waals surface area contributed by atoms with Crippen LogP contribution < -0.4 is 0 Å². The largest absolute Gasteiger partial charge is 0.416 e. The summed E-state index contributed by atoms with van der Waals surface area (Å²) in [5.74, 6) is -0.196. The average Bonchev–Trinajstić information content (AvgIpc) is 3.03. The van der Waals surface area contributed by atoms with E-state index in [4.69, 9.17) is 0 Å². The highest BCUT2D eigenvalue weighted by molar-refractivity contribution is 7.17. The van der Waals surface area contributed by atoms with Gasteiger partial charge < -0.3 is 4.90 Å². The summed E-state index contributed by atoms with van der Waals surface area (Å²) in [6, 6.07) is 8.36. The summed E-state index contributed by atoms with van der Waals surface area (Å²) in [6.45, 7) is 7.98. The highest BCUT2D eigenvalue weighted by Gasteiger charge is 2.30. The van der Waals surface area contributed by atoms with Crippen LogP contribution in [0.25, 0.3) is 10.4 Å². The second-order valence-corrected chi connectivity index (χ2v) is 6.11. The Morgan fingerprint density at radius 2 is 1.79 bits per heavy atom. The van der Waals surface area contributed by atoms with Gasteiger partial charge in [-0.15, -0.1) is 24.5 Å². The number of hydrogen-bond donors (Lipinski definition) is 0. The van der Waals surface area contributed by atoms with Crippen LogP contribution in [-0.2, 0) is 6.18 Å². The molecule has 0 aliphatic carbocycles. The average molecular weight is 351 g/mol. The Labute approximate surface area is 142 Å². The first-order valence-corrected chi connectivity index (χ1v) is 7.97. The van der Waals surface area contributed by atoms with Crippen LogP contribution in [0.5, 0.6) is 0 Å². The summed E-state index contributed by atoms with van der Waals surface area (Å²) in [5, 5.41) is 0. The van der Waals surface area contributed by atoms with Crippen LogP contribution in [0.4, 0.5) is 13.2 Å². The third-order valence-electron chi connectivity index (χ3n) is 3.28. The first kappa shape index (κ1) is 18.0. The highest BCUT2D eigenvalue weighted by Crippen LogP contribution is 2.34. The minimum Gasteiger partial charge on any atom is -0.331 e. The number of carbonyl (C=O) groups excluding carboxylic acids is 1. The van der Waals surface area contributed by atoms with Crippen LogP contribution >= 0.6 is 11.3 Å². The Morgan fingerprint density at radius 3 is 2.38 bits per heavy atom. The summed E-state index contributed by atoms with van der Waals surface area (Å²) >= 11 is 1.17. The Balaban J connectivity index is 2.29. The van der Waals surface area contributed by atoms with Crippen molar-refractivity contribution >= 4 is 17.2 Å². The number of amides is 1. The fourth-order valence-electron chi connectivity index (χ4n) is 2.16. The van der Waals surface area contributed by atoms with E-state index in [2.05, 4.69) is 13.2 Å². The normalized spacial score (nSPS) is 11.1. The van der Waals surface area contributed by atoms with Crippen molar-refractivity contribution in [3.63, 3.8) is 0 Å². The number of rotatable bonds is 6. The molecular weight excluding hydrogens is 335 g/mol. The maximum absolute atomic E-state index is 12.8. The number of halogens is 3. The molecule has 0 aliphatic rings. The zero-order valence-electron chi connectivity index (χ0n) is 12.8. The summed E-state index contributed by atoms with van der Waals surface area (Å²) in [5.41, 5.74) is -0.269. The summed E-state index contributed by atoms with van der Waals surface area (Å²) in [7, 11) is 0. The lowest BCUT2D eigenvalue weighted by Gasteiger charge is -2.18. The summed E-state index contributed by atoms with van der Waals surface area (Å²) in [6.07, 6.45) is -1.16. The van der Waals surface area contributed by atoms with Crippen LogP contribution in [0.3, 0.4) is 0 Å². The Kier molecular flexibility index (Phi) is 5.62. The molecule has 0 N–H and O–H groups in total. The van der Waals surface area contributed by atoms with Crippen LogP contribution in [0.1, 0.15) is 15.2 Å². The van der Waals surface area contributed by atoms with Crippen molar-refractivity contribution in [3.05, 3.63) is 72.1 Å². The number of nitrogens with zero attached hydrogens (tertiary/aromatic N) is 1. The zero-order valence-corrected chi connectivity index (χ0v) is 13.7. The summed E-state index contributed by atoms with van der Waals surface area (Å²) in [4.78, 5) is 15.1. The lowest BCUT2D eigenvalue weighted by Crippen LogP contribution is -2.30. The molecule has 0 saturated carbocycles. The standard InChI is InChI=1S/C18H16F3NOS/c1-3-10-22(11-4-2)17(23)16-9-8-15(24-16)13-6-5-7-14(12-13)18(19,20)21/h3-9,12H,1-2,10-11H2. The van der Waals surface area contributed by atoms with Crippen molar-refractivity contribution in [2.24, 2.45) is 0 Å². The molecular formula is C18H16F3NOS. The van der Waals surface area contributed by atoms with Gasteiger partial charge in [0.15, 0.2) is 0 Å². The van der Waals surface area contributed by atoms with Crippen LogP contribution in [0.15, 0.2) is 61.7 Å².